The number of rotatable bonds is 6. The van der Waals surface area contributed by atoms with E-state index < -0.39 is 0 Å². The van der Waals surface area contributed by atoms with Crippen molar-refractivity contribution in [1.82, 2.24) is 0 Å². The molecule has 0 saturated heterocycles. The van der Waals surface area contributed by atoms with E-state index in [-0.39, 0.29) is 17.4 Å². The molecule has 0 aliphatic heterocycles. The summed E-state index contributed by atoms with van der Waals surface area (Å²) in [5, 5.41) is 0. The monoisotopic (exact) mass is 203 g/mol. The van der Waals surface area contributed by atoms with E-state index in [1.165, 1.54) is 7.11 Å². The predicted octanol–water partition coefficient (Wildman–Crippen LogP) is 0.940. The van der Waals surface area contributed by atoms with Gasteiger partial charge in [-0.3, -0.25) is 4.79 Å². The molecule has 0 amide bonds. The molecule has 0 bridgehead atoms. The molecule has 4 heteroatoms. The van der Waals surface area contributed by atoms with Gasteiger partial charge in [-0.15, -0.1) is 0 Å². The predicted molar refractivity (Wildman–Crippen MR) is 54.9 cm³/mol. The number of hydrogen-bond donors (Lipinski definition) is 1. The average Bonchev–Trinajstić information content (AvgIpc) is 2.14. The molecular weight excluding hydrogens is 182 g/mol. The Morgan fingerprint density at radius 2 is 2.14 bits per heavy atom. The van der Waals surface area contributed by atoms with Crippen LogP contribution in [-0.4, -0.2) is 32.3 Å². The molecule has 2 N–H and O–H groups in total. The minimum absolute atomic E-state index is 0.104. The summed E-state index contributed by atoms with van der Waals surface area (Å²) < 4.78 is 9.94. The minimum Gasteiger partial charge on any atom is -0.469 e. The molecule has 0 aromatic heterocycles. The third-order valence-electron chi connectivity index (χ3n) is 2.51. The second kappa shape index (κ2) is 5.98. The lowest BCUT2D eigenvalue weighted by Crippen LogP contribution is -2.42. The molecule has 0 rings (SSSR count). The van der Waals surface area contributed by atoms with Gasteiger partial charge in [-0.1, -0.05) is 6.92 Å². The summed E-state index contributed by atoms with van der Waals surface area (Å²) in [6.07, 6.45) is 0.293. The topological polar surface area (TPSA) is 61.5 Å². The third-order valence-corrected chi connectivity index (χ3v) is 2.51. The van der Waals surface area contributed by atoms with Crippen molar-refractivity contribution in [3.63, 3.8) is 0 Å². The molecule has 0 spiro atoms. The Bertz CT molecular complexity index is 182. The number of ether oxygens (including phenoxy) is 2. The summed E-state index contributed by atoms with van der Waals surface area (Å²) in [4.78, 5) is 11.2. The second-order valence-electron chi connectivity index (χ2n) is 3.83. The van der Waals surface area contributed by atoms with E-state index in [0.717, 1.165) is 0 Å². The second-order valence-corrected chi connectivity index (χ2v) is 3.83. The van der Waals surface area contributed by atoms with Gasteiger partial charge in [0.1, 0.15) is 0 Å². The van der Waals surface area contributed by atoms with Gasteiger partial charge in [0.05, 0.1) is 20.1 Å². The van der Waals surface area contributed by atoms with Crippen molar-refractivity contribution >= 4 is 5.97 Å². The lowest BCUT2D eigenvalue weighted by molar-refractivity contribution is -0.144. The van der Waals surface area contributed by atoms with Crippen LogP contribution in [0.2, 0.25) is 0 Å². The van der Waals surface area contributed by atoms with Crippen molar-refractivity contribution in [2.24, 2.45) is 11.1 Å². The molecule has 0 aromatic carbocycles. The van der Waals surface area contributed by atoms with Gasteiger partial charge in [0.15, 0.2) is 0 Å². The molecule has 0 aromatic rings. The molecule has 0 aliphatic rings. The molecule has 84 valence electrons. The van der Waals surface area contributed by atoms with Crippen LogP contribution in [0.25, 0.3) is 0 Å². The zero-order chi connectivity index (χ0) is 11.2. The molecule has 0 saturated carbocycles. The smallest absolute Gasteiger partial charge is 0.306 e. The highest BCUT2D eigenvalue weighted by Crippen LogP contribution is 2.25. The van der Waals surface area contributed by atoms with Gasteiger partial charge in [0, 0.05) is 18.1 Å². The molecule has 4 nitrogen and oxygen atoms in total. The Kier molecular flexibility index (Phi) is 5.72. The Hall–Kier alpha value is -0.610. The molecule has 14 heavy (non-hydrogen) atoms. The zero-order valence-corrected chi connectivity index (χ0v) is 9.50. The Morgan fingerprint density at radius 3 is 2.50 bits per heavy atom. The summed E-state index contributed by atoms with van der Waals surface area (Å²) in [6.45, 7) is 6.84. The number of methoxy groups -OCH3 is 1. The normalized spacial score (nSPS) is 17.2. The van der Waals surface area contributed by atoms with E-state index in [2.05, 4.69) is 4.74 Å². The molecule has 0 fully saturated rings. The summed E-state index contributed by atoms with van der Waals surface area (Å²) in [6, 6.07) is -0.104. The van der Waals surface area contributed by atoms with Gasteiger partial charge < -0.3 is 15.2 Å². The van der Waals surface area contributed by atoms with Crippen LogP contribution in [0, 0.1) is 5.41 Å². The van der Waals surface area contributed by atoms with Gasteiger partial charge in [-0.2, -0.15) is 0 Å². The highest BCUT2D eigenvalue weighted by molar-refractivity contribution is 5.70. The minimum atomic E-state index is -0.344. The maximum absolute atomic E-state index is 11.2. The first kappa shape index (κ1) is 13.4. The van der Waals surface area contributed by atoms with Crippen LogP contribution >= 0.6 is 0 Å². The van der Waals surface area contributed by atoms with E-state index in [1.807, 2.05) is 20.8 Å². The largest absolute Gasteiger partial charge is 0.469 e. The number of hydrogen-bond acceptors (Lipinski definition) is 4. The molecule has 0 heterocycles. The van der Waals surface area contributed by atoms with E-state index in [1.54, 1.807) is 0 Å². The first-order valence-electron chi connectivity index (χ1n) is 4.86. The molecule has 0 radical (unpaired) electrons. The lowest BCUT2D eigenvalue weighted by Gasteiger charge is -2.31. The Morgan fingerprint density at radius 1 is 1.57 bits per heavy atom. The lowest BCUT2D eigenvalue weighted by atomic mass is 9.81. The van der Waals surface area contributed by atoms with Gasteiger partial charge in [0.2, 0.25) is 0 Å². The van der Waals surface area contributed by atoms with Crippen LogP contribution in [0.1, 0.15) is 27.2 Å². The maximum Gasteiger partial charge on any atom is 0.306 e. The van der Waals surface area contributed by atoms with E-state index >= 15 is 0 Å². The highest BCUT2D eigenvalue weighted by Gasteiger charge is 2.32. The number of esters is 1. The SMILES string of the molecule is CCOCC(C)(CC(=O)OC)C(C)N. The van der Waals surface area contributed by atoms with Crippen molar-refractivity contribution in [2.45, 2.75) is 33.2 Å². The fourth-order valence-corrected chi connectivity index (χ4v) is 1.08. The number of nitrogens with two attached hydrogens (primary N) is 1. The molecule has 2 unspecified atom stereocenters. The van der Waals surface area contributed by atoms with Crippen molar-refractivity contribution < 1.29 is 14.3 Å². The van der Waals surface area contributed by atoms with Crippen LogP contribution in [-0.2, 0) is 14.3 Å². The van der Waals surface area contributed by atoms with Crippen molar-refractivity contribution in [3.8, 4) is 0 Å². The van der Waals surface area contributed by atoms with E-state index in [9.17, 15) is 4.79 Å². The van der Waals surface area contributed by atoms with Gasteiger partial charge >= 0.3 is 5.97 Å². The van der Waals surface area contributed by atoms with Crippen LogP contribution < -0.4 is 5.73 Å². The first-order chi connectivity index (χ1) is 6.46. The summed E-state index contributed by atoms with van der Waals surface area (Å²) in [5.74, 6) is -0.246. The number of carbonyl (C=O) groups excluding carboxylic acids is 1. The first-order valence-corrected chi connectivity index (χ1v) is 4.86. The maximum atomic E-state index is 11.2. The highest BCUT2D eigenvalue weighted by atomic mass is 16.5. The molecule has 0 aliphatic carbocycles. The van der Waals surface area contributed by atoms with Crippen LogP contribution in [0.15, 0.2) is 0 Å². The van der Waals surface area contributed by atoms with Crippen molar-refractivity contribution in [3.05, 3.63) is 0 Å². The Balaban J connectivity index is 4.31. The van der Waals surface area contributed by atoms with Crippen molar-refractivity contribution in [2.75, 3.05) is 20.3 Å². The van der Waals surface area contributed by atoms with Crippen LogP contribution in [0.4, 0.5) is 0 Å². The summed E-state index contributed by atoms with van der Waals surface area (Å²) in [7, 11) is 1.38. The summed E-state index contributed by atoms with van der Waals surface area (Å²) in [5.41, 5.74) is 5.48. The van der Waals surface area contributed by atoms with Crippen LogP contribution in [0.5, 0.6) is 0 Å². The van der Waals surface area contributed by atoms with Gasteiger partial charge in [-0.05, 0) is 13.8 Å². The van der Waals surface area contributed by atoms with E-state index in [0.29, 0.717) is 19.6 Å². The third kappa shape index (κ3) is 4.07. The Labute approximate surface area is 85.8 Å². The summed E-state index contributed by atoms with van der Waals surface area (Å²) >= 11 is 0. The van der Waals surface area contributed by atoms with Crippen LogP contribution in [0.3, 0.4) is 0 Å². The standard InChI is InChI=1S/C10H21NO3/c1-5-14-7-10(3,8(2)11)6-9(12)13-4/h8H,5-7,11H2,1-4H3. The fraction of sp³-hybridized carbons (Fsp3) is 0.900. The fourth-order valence-electron chi connectivity index (χ4n) is 1.08. The van der Waals surface area contributed by atoms with E-state index in [4.69, 9.17) is 10.5 Å². The average molecular weight is 203 g/mol. The van der Waals surface area contributed by atoms with Gasteiger partial charge in [0.25, 0.3) is 0 Å². The zero-order valence-electron chi connectivity index (χ0n) is 9.50. The molecule has 2 atom stereocenters. The van der Waals surface area contributed by atoms with Gasteiger partial charge in [-0.25, -0.2) is 0 Å². The van der Waals surface area contributed by atoms with Crippen molar-refractivity contribution in [1.29, 1.82) is 0 Å². The quantitative estimate of drug-likeness (QED) is 0.653. The number of carbonyl (C=O) groups is 1. The molecular formula is C10H21NO3.